The van der Waals surface area contributed by atoms with Crippen molar-refractivity contribution in [2.45, 2.75) is 43.7 Å². The second-order valence-electron chi connectivity index (χ2n) is 5.63. The van der Waals surface area contributed by atoms with E-state index in [-0.39, 0.29) is 11.6 Å². The Hall–Kier alpha value is -0.870. The van der Waals surface area contributed by atoms with E-state index in [9.17, 15) is 0 Å². The predicted molar refractivity (Wildman–Crippen MR) is 65.4 cm³/mol. The minimum Gasteiger partial charge on any atom is -0.375 e. The topological polar surface area (TPSA) is 53.1 Å². The molecule has 1 aliphatic carbocycles. The lowest BCUT2D eigenvalue weighted by atomic mass is 9.70. The van der Waals surface area contributed by atoms with Gasteiger partial charge < -0.3 is 15.0 Å². The van der Waals surface area contributed by atoms with Gasteiger partial charge in [-0.25, -0.2) is 4.98 Å². The number of hydrogen-bond acceptors (Lipinski definition) is 3. The first-order valence-corrected chi connectivity index (χ1v) is 6.56. The van der Waals surface area contributed by atoms with Crippen molar-refractivity contribution in [2.24, 2.45) is 18.7 Å². The molecule has 2 N–H and O–H groups in total. The first-order chi connectivity index (χ1) is 8.19. The molecule has 0 amide bonds. The third kappa shape index (κ3) is 2.00. The molecule has 1 aliphatic heterocycles. The predicted octanol–water partition coefficient (Wildman–Crippen LogP) is 1.77. The molecular formula is C13H21N3O. The lowest BCUT2D eigenvalue weighted by molar-refractivity contribution is -0.146. The van der Waals surface area contributed by atoms with E-state index >= 15 is 0 Å². The van der Waals surface area contributed by atoms with E-state index in [2.05, 4.69) is 4.98 Å². The van der Waals surface area contributed by atoms with Gasteiger partial charge >= 0.3 is 0 Å². The Morgan fingerprint density at radius 2 is 2.41 bits per heavy atom. The summed E-state index contributed by atoms with van der Waals surface area (Å²) < 4.78 is 7.91. The first kappa shape index (κ1) is 11.2. The Morgan fingerprint density at radius 3 is 3.00 bits per heavy atom. The summed E-state index contributed by atoms with van der Waals surface area (Å²) in [6.45, 7) is 0.866. The highest BCUT2D eigenvalue weighted by Crippen LogP contribution is 2.46. The van der Waals surface area contributed by atoms with E-state index in [1.165, 1.54) is 19.3 Å². The number of nitrogens with zero attached hydrogens (tertiary/aromatic N) is 2. The Kier molecular flexibility index (Phi) is 2.71. The minimum atomic E-state index is 0.0672. The van der Waals surface area contributed by atoms with Crippen LogP contribution in [0.3, 0.4) is 0 Å². The molecule has 3 rings (SSSR count). The number of ether oxygens (including phenoxy) is 1. The summed E-state index contributed by atoms with van der Waals surface area (Å²) >= 11 is 0. The molecule has 17 heavy (non-hydrogen) atoms. The number of aryl methyl sites for hydroxylation is 1. The van der Waals surface area contributed by atoms with E-state index in [1.54, 1.807) is 0 Å². The maximum atomic E-state index is 6.35. The molecule has 2 atom stereocenters. The fourth-order valence-electron chi connectivity index (χ4n) is 3.14. The molecule has 1 saturated heterocycles. The zero-order valence-electron chi connectivity index (χ0n) is 10.4. The molecule has 94 valence electrons. The molecule has 0 bridgehead atoms. The highest BCUT2D eigenvalue weighted by molar-refractivity contribution is 5.07. The van der Waals surface area contributed by atoms with Crippen LogP contribution in [0.25, 0.3) is 0 Å². The normalized spacial score (nSPS) is 28.9. The summed E-state index contributed by atoms with van der Waals surface area (Å²) in [5.41, 5.74) is 7.55. The van der Waals surface area contributed by atoms with Gasteiger partial charge in [-0.3, -0.25) is 0 Å². The van der Waals surface area contributed by atoms with Crippen molar-refractivity contribution in [1.82, 2.24) is 9.55 Å². The van der Waals surface area contributed by atoms with Crippen molar-refractivity contribution >= 4 is 0 Å². The van der Waals surface area contributed by atoms with E-state index in [0.717, 1.165) is 25.1 Å². The quantitative estimate of drug-likeness (QED) is 0.850. The van der Waals surface area contributed by atoms with Gasteiger partial charge in [-0.1, -0.05) is 0 Å². The number of rotatable bonds is 2. The fourth-order valence-corrected chi connectivity index (χ4v) is 3.14. The molecule has 1 spiro atoms. The van der Waals surface area contributed by atoms with E-state index in [4.69, 9.17) is 10.5 Å². The summed E-state index contributed by atoms with van der Waals surface area (Å²) in [4.78, 5) is 4.38. The molecule has 0 aromatic carbocycles. The van der Waals surface area contributed by atoms with Crippen molar-refractivity contribution in [3.05, 3.63) is 18.2 Å². The van der Waals surface area contributed by atoms with E-state index in [1.807, 2.05) is 24.1 Å². The van der Waals surface area contributed by atoms with Gasteiger partial charge in [-0.15, -0.1) is 0 Å². The zero-order chi connectivity index (χ0) is 11.9. The monoisotopic (exact) mass is 235 g/mol. The fraction of sp³-hybridized carbons (Fsp3) is 0.769. The first-order valence-electron chi connectivity index (χ1n) is 6.56. The van der Waals surface area contributed by atoms with Crippen LogP contribution in [0.4, 0.5) is 0 Å². The molecule has 1 saturated carbocycles. The second-order valence-corrected chi connectivity index (χ2v) is 5.63. The van der Waals surface area contributed by atoms with Crippen LogP contribution in [-0.4, -0.2) is 21.8 Å². The number of hydrogen-bond donors (Lipinski definition) is 1. The third-order valence-electron chi connectivity index (χ3n) is 4.37. The smallest absolute Gasteiger partial charge is 0.0947 e. The van der Waals surface area contributed by atoms with Crippen LogP contribution in [0.2, 0.25) is 0 Å². The van der Waals surface area contributed by atoms with Crippen LogP contribution >= 0.6 is 0 Å². The Bertz CT molecular complexity index is 397. The second kappa shape index (κ2) is 4.10. The minimum absolute atomic E-state index is 0.0672. The molecule has 4 nitrogen and oxygen atoms in total. The van der Waals surface area contributed by atoms with Gasteiger partial charge in [0.25, 0.3) is 0 Å². The summed E-state index contributed by atoms with van der Waals surface area (Å²) in [6, 6.07) is 0.0672. The van der Waals surface area contributed by atoms with E-state index < -0.39 is 0 Å². The van der Waals surface area contributed by atoms with Gasteiger partial charge in [-0.05, 0) is 38.0 Å². The summed E-state index contributed by atoms with van der Waals surface area (Å²) in [6.07, 6.45) is 9.80. The van der Waals surface area contributed by atoms with Crippen molar-refractivity contribution < 1.29 is 4.74 Å². The molecular weight excluding hydrogens is 214 g/mol. The summed E-state index contributed by atoms with van der Waals surface area (Å²) in [7, 11) is 1.99. The van der Waals surface area contributed by atoms with Gasteiger partial charge in [0.05, 0.1) is 23.7 Å². The van der Waals surface area contributed by atoms with Gasteiger partial charge in [0, 0.05) is 19.9 Å². The van der Waals surface area contributed by atoms with Crippen molar-refractivity contribution in [2.75, 3.05) is 6.61 Å². The largest absolute Gasteiger partial charge is 0.375 e. The average Bonchev–Trinajstić information content (AvgIpc) is 2.73. The molecule has 2 fully saturated rings. The van der Waals surface area contributed by atoms with Crippen LogP contribution < -0.4 is 5.73 Å². The lowest BCUT2D eigenvalue weighted by Gasteiger charge is -2.48. The summed E-state index contributed by atoms with van der Waals surface area (Å²) in [5.74, 6) is 0.527. The average molecular weight is 235 g/mol. The molecule has 1 aromatic heterocycles. The summed E-state index contributed by atoms with van der Waals surface area (Å²) in [5, 5.41) is 0. The van der Waals surface area contributed by atoms with Gasteiger partial charge in [0.15, 0.2) is 0 Å². The van der Waals surface area contributed by atoms with E-state index in [0.29, 0.717) is 5.92 Å². The Balaban J connectivity index is 1.71. The molecule has 4 heteroatoms. The van der Waals surface area contributed by atoms with Crippen LogP contribution in [0.15, 0.2) is 12.5 Å². The van der Waals surface area contributed by atoms with Crippen LogP contribution in [0.5, 0.6) is 0 Å². The standard InChI is InChI=1S/C13H21N3O/c1-16-8-11(15-9-16)12(14)10-3-6-17-13(7-10)4-2-5-13/h8-10,12H,2-7,14H2,1H3. The third-order valence-corrected chi connectivity index (χ3v) is 4.37. The Morgan fingerprint density at radius 1 is 1.59 bits per heavy atom. The van der Waals surface area contributed by atoms with Gasteiger partial charge in [0.2, 0.25) is 0 Å². The number of nitrogens with two attached hydrogens (primary N) is 1. The molecule has 1 aromatic rings. The molecule has 2 aliphatic rings. The van der Waals surface area contributed by atoms with Crippen LogP contribution in [0, 0.1) is 5.92 Å². The number of aromatic nitrogens is 2. The van der Waals surface area contributed by atoms with Crippen molar-refractivity contribution in [1.29, 1.82) is 0 Å². The maximum Gasteiger partial charge on any atom is 0.0947 e. The van der Waals surface area contributed by atoms with Gasteiger partial charge in [0.1, 0.15) is 0 Å². The van der Waals surface area contributed by atoms with Crippen molar-refractivity contribution in [3.8, 4) is 0 Å². The lowest BCUT2D eigenvalue weighted by Crippen LogP contribution is -2.47. The molecule has 2 unspecified atom stereocenters. The Labute approximate surface area is 102 Å². The van der Waals surface area contributed by atoms with Crippen LogP contribution in [0.1, 0.15) is 43.8 Å². The van der Waals surface area contributed by atoms with Crippen LogP contribution in [-0.2, 0) is 11.8 Å². The van der Waals surface area contributed by atoms with Crippen molar-refractivity contribution in [3.63, 3.8) is 0 Å². The van der Waals surface area contributed by atoms with Gasteiger partial charge in [-0.2, -0.15) is 0 Å². The SMILES string of the molecule is Cn1cnc(C(N)C2CCOC3(CCC3)C2)c1. The zero-order valence-corrected chi connectivity index (χ0v) is 10.4. The maximum absolute atomic E-state index is 6.35. The molecule has 0 radical (unpaired) electrons. The molecule has 2 heterocycles. The highest BCUT2D eigenvalue weighted by Gasteiger charge is 2.44. The number of imidazole rings is 1. The highest BCUT2D eigenvalue weighted by atomic mass is 16.5.